The van der Waals surface area contributed by atoms with Gasteiger partial charge in [-0.1, -0.05) is 57.5 Å². The number of aryl methyl sites for hydroxylation is 1. The van der Waals surface area contributed by atoms with E-state index in [2.05, 4.69) is 31.2 Å². The van der Waals surface area contributed by atoms with Gasteiger partial charge in [0.05, 0.1) is 28.8 Å². The first-order valence-electron chi connectivity index (χ1n) is 26.9. The Morgan fingerprint density at radius 3 is 2.29 bits per heavy atom. The topological polar surface area (TPSA) is 219 Å². The van der Waals surface area contributed by atoms with E-state index in [1.165, 1.54) is 4.90 Å². The summed E-state index contributed by atoms with van der Waals surface area (Å²) in [5, 5.41) is 23.2. The molecule has 1 aliphatic heterocycles. The molecule has 4 amide bonds. The molecule has 2 aliphatic carbocycles. The fraction of sp³-hybridized carbons (Fsp3) is 0.589. The zero-order valence-electron chi connectivity index (χ0n) is 44.6. The molecule has 0 bridgehead atoms. The molecular weight excluding hydrogens is 975 g/mol. The molecule has 0 spiro atoms. The van der Waals surface area contributed by atoms with Crippen molar-refractivity contribution >= 4 is 52.4 Å². The highest BCUT2D eigenvalue weighted by molar-refractivity contribution is 7.13. The number of carbonyl (C=O) groups excluding carboxylic acids is 4. The van der Waals surface area contributed by atoms with Crippen molar-refractivity contribution in [3.8, 4) is 16.2 Å². The van der Waals surface area contributed by atoms with Gasteiger partial charge >= 0.3 is 0 Å². The van der Waals surface area contributed by atoms with Crippen molar-refractivity contribution in [3.63, 3.8) is 0 Å². The quantitative estimate of drug-likeness (QED) is 0.0311. The number of benzene rings is 2. The fourth-order valence-electron chi connectivity index (χ4n) is 9.05. The number of ether oxygens (including phenoxy) is 4. The lowest BCUT2D eigenvalue weighted by Gasteiger charge is -2.35. The first-order valence-corrected chi connectivity index (χ1v) is 27.8. The van der Waals surface area contributed by atoms with Gasteiger partial charge in [-0.15, -0.1) is 11.3 Å². The van der Waals surface area contributed by atoms with Crippen molar-refractivity contribution in [2.75, 3.05) is 83.6 Å². The number of nitrogens with one attached hydrogen (secondary N) is 4. The Balaban J connectivity index is 0.703. The van der Waals surface area contributed by atoms with E-state index in [1.807, 2.05) is 99.9 Å². The van der Waals surface area contributed by atoms with Crippen LogP contribution in [0.4, 0.5) is 17.5 Å². The second-order valence-electron chi connectivity index (χ2n) is 21.1. The smallest absolute Gasteiger partial charge is 0.246 e. The van der Waals surface area contributed by atoms with E-state index in [9.17, 15) is 24.3 Å². The van der Waals surface area contributed by atoms with E-state index in [0.29, 0.717) is 57.9 Å². The molecule has 4 aromatic rings. The van der Waals surface area contributed by atoms with Gasteiger partial charge in [0.1, 0.15) is 30.3 Å². The van der Waals surface area contributed by atoms with Gasteiger partial charge in [-0.25, -0.2) is 9.97 Å². The lowest BCUT2D eigenvalue weighted by molar-refractivity contribution is -0.144. The molecule has 2 saturated carbocycles. The zero-order valence-corrected chi connectivity index (χ0v) is 45.4. The number of thiazole rings is 1. The van der Waals surface area contributed by atoms with E-state index in [0.717, 1.165) is 115 Å². The Morgan fingerprint density at radius 1 is 0.893 bits per heavy atom. The molecule has 2 aromatic heterocycles. The van der Waals surface area contributed by atoms with Gasteiger partial charge in [0.25, 0.3) is 0 Å². The third-order valence-corrected chi connectivity index (χ3v) is 14.7. The molecule has 0 radical (unpaired) electrons. The van der Waals surface area contributed by atoms with Gasteiger partial charge < -0.3 is 55.1 Å². The molecule has 0 unspecified atom stereocenters. The van der Waals surface area contributed by atoms with Crippen molar-refractivity contribution in [1.29, 1.82) is 0 Å². The average Bonchev–Trinajstić information content (AvgIpc) is 4.01. The summed E-state index contributed by atoms with van der Waals surface area (Å²) in [5.74, 6) is 1.88. The largest absolute Gasteiger partial charge is 0.493 e. The molecule has 5 N–H and O–H groups in total. The first kappa shape index (κ1) is 57.0. The summed E-state index contributed by atoms with van der Waals surface area (Å²) in [6, 6.07) is 13.8. The minimum Gasteiger partial charge on any atom is -0.493 e. The van der Waals surface area contributed by atoms with E-state index < -0.39 is 35.4 Å². The highest BCUT2D eigenvalue weighted by Gasteiger charge is 2.44. The van der Waals surface area contributed by atoms with Crippen LogP contribution in [0.3, 0.4) is 0 Å². The number of nitrogens with zero attached hydrogens (tertiary/aromatic N) is 5. The summed E-state index contributed by atoms with van der Waals surface area (Å²) in [7, 11) is 1.91. The number of carbonyl (C=O) groups is 4. The Labute approximate surface area is 446 Å². The van der Waals surface area contributed by atoms with E-state index in [1.54, 1.807) is 11.3 Å². The number of hydrogen-bond acceptors (Lipinski definition) is 15. The SMILES string of the molecule is Cc1ncsc1-c1ccc(CNC(=O)[C@@H]2C[C@@H](O)CN2C(=O)[C@@H](NC(=O)COCCCOCCCCOCCCOc2cccc(Nc3ncc(C4CC4)c(NCCCN(C)C(=O)C4CCC4)n3)c2)C(C)(C)C)cc1. The second-order valence-corrected chi connectivity index (χ2v) is 21.9. The highest BCUT2D eigenvalue weighted by atomic mass is 32.1. The summed E-state index contributed by atoms with van der Waals surface area (Å²) in [6.45, 7) is 12.1. The molecule has 3 fully saturated rings. The monoisotopic (exact) mass is 1050 g/mol. The molecule has 18 nitrogen and oxygen atoms in total. The Morgan fingerprint density at radius 2 is 1.61 bits per heavy atom. The van der Waals surface area contributed by atoms with Crippen LogP contribution in [0.2, 0.25) is 0 Å². The molecule has 2 aromatic carbocycles. The van der Waals surface area contributed by atoms with Gasteiger partial charge in [0, 0.05) is 109 Å². The average molecular weight is 1050 g/mol. The van der Waals surface area contributed by atoms with Crippen LogP contribution in [0.15, 0.2) is 60.2 Å². The van der Waals surface area contributed by atoms with Crippen LogP contribution in [-0.2, 0) is 39.9 Å². The maximum Gasteiger partial charge on any atom is 0.246 e. The molecule has 1 saturated heterocycles. The van der Waals surface area contributed by atoms with Gasteiger partial charge in [0.15, 0.2) is 0 Å². The Hall–Kier alpha value is -5.73. The number of aromatic nitrogens is 3. The first-order chi connectivity index (χ1) is 36.2. The molecule has 19 heteroatoms. The predicted molar refractivity (Wildman–Crippen MR) is 290 cm³/mol. The molecule has 7 rings (SSSR count). The summed E-state index contributed by atoms with van der Waals surface area (Å²) in [5.41, 5.74) is 6.04. The van der Waals surface area contributed by atoms with E-state index in [-0.39, 0.29) is 43.8 Å². The van der Waals surface area contributed by atoms with Crippen molar-refractivity contribution in [2.45, 2.75) is 129 Å². The zero-order chi connectivity index (χ0) is 53.2. The number of aliphatic hydroxyl groups excluding tert-OH is 1. The number of β-amino-alcohol motifs (C(OH)–C–C–N with tert-alkyl or cyclic N) is 1. The number of unbranched alkanes of at least 4 members (excludes halogenated alkanes) is 1. The number of anilines is 3. The Kier molecular flexibility index (Phi) is 21.6. The number of aliphatic hydroxyl groups is 1. The fourth-order valence-corrected chi connectivity index (χ4v) is 9.86. The molecule has 408 valence electrons. The number of hydrogen-bond donors (Lipinski definition) is 5. The normalized spacial score (nSPS) is 17.0. The maximum absolute atomic E-state index is 14.0. The van der Waals surface area contributed by atoms with Crippen LogP contribution >= 0.6 is 11.3 Å². The third-order valence-electron chi connectivity index (χ3n) is 13.8. The molecule has 75 heavy (non-hydrogen) atoms. The molecule has 3 aliphatic rings. The highest BCUT2D eigenvalue weighted by Crippen LogP contribution is 2.43. The van der Waals surface area contributed by atoms with E-state index in [4.69, 9.17) is 23.9 Å². The van der Waals surface area contributed by atoms with Crippen LogP contribution in [0.5, 0.6) is 5.75 Å². The number of rotatable bonds is 31. The van der Waals surface area contributed by atoms with E-state index >= 15 is 0 Å². The number of amides is 4. The standard InChI is InChI=1S/C56H79N9O9S/c1-38-49(75-37-60-38)41-19-17-39(18-20-41)33-58-52(68)47-32-44(66)35-65(47)54(70)50(56(2,3)4)62-48(67)36-73-29-11-27-71-25-6-7-26-72-28-12-30-74-45-16-9-15-43(31-45)61-55-59-34-46(40-21-22-40)51(63-55)57-23-10-24-64(5)53(69)42-13-8-14-42/h9,15-20,31,34,37,40,42,44,47,50,66H,6-8,10-14,21-30,32-33,35-36H2,1-5H3,(H,58,68)(H,62,67)(H2,57,59,61,63)/t44-,47+,50-/m1/s1. The van der Waals surface area contributed by atoms with Crippen molar-refractivity contribution in [1.82, 2.24) is 35.4 Å². The van der Waals surface area contributed by atoms with Crippen LogP contribution in [-0.4, -0.2) is 145 Å². The summed E-state index contributed by atoms with van der Waals surface area (Å²) >= 11 is 1.58. The molecular formula is C56H79N9O9S. The van der Waals surface area contributed by atoms with Crippen molar-refractivity contribution in [3.05, 3.63) is 77.1 Å². The minimum atomic E-state index is -0.940. The Bertz CT molecular complexity index is 2460. The van der Waals surface area contributed by atoms with Crippen molar-refractivity contribution < 1.29 is 43.2 Å². The number of likely N-dealkylation sites (tertiary alicyclic amines) is 1. The molecule has 3 atom stereocenters. The molecule has 3 heterocycles. The predicted octanol–water partition coefficient (Wildman–Crippen LogP) is 7.39. The second kappa shape index (κ2) is 28.4. The van der Waals surface area contributed by atoms with Gasteiger partial charge in [-0.2, -0.15) is 4.98 Å². The summed E-state index contributed by atoms with van der Waals surface area (Å²) in [4.78, 5) is 71.1. The summed E-state index contributed by atoms with van der Waals surface area (Å²) in [6.07, 6.45) is 10.6. The van der Waals surface area contributed by atoms with Crippen LogP contribution in [0.25, 0.3) is 10.4 Å². The van der Waals surface area contributed by atoms with Gasteiger partial charge in [-0.05, 0) is 92.9 Å². The lowest BCUT2D eigenvalue weighted by Crippen LogP contribution is -2.58. The van der Waals surface area contributed by atoms with Gasteiger partial charge in [-0.3, -0.25) is 19.2 Å². The minimum absolute atomic E-state index is 0.00250. The maximum atomic E-state index is 14.0. The van der Waals surface area contributed by atoms with Crippen molar-refractivity contribution in [2.24, 2.45) is 11.3 Å². The van der Waals surface area contributed by atoms with Gasteiger partial charge in [0.2, 0.25) is 29.6 Å². The third kappa shape index (κ3) is 17.7. The van der Waals surface area contributed by atoms with Crippen LogP contribution in [0.1, 0.15) is 114 Å². The van der Waals surface area contributed by atoms with Crippen LogP contribution < -0.4 is 26.0 Å². The lowest BCUT2D eigenvalue weighted by atomic mass is 9.84. The van der Waals surface area contributed by atoms with Crippen LogP contribution in [0, 0.1) is 18.3 Å². The summed E-state index contributed by atoms with van der Waals surface area (Å²) < 4.78 is 23.2.